The van der Waals surface area contributed by atoms with Crippen molar-refractivity contribution in [2.24, 2.45) is 0 Å². The Morgan fingerprint density at radius 1 is 1.43 bits per heavy atom. The minimum atomic E-state index is -3.27. The summed E-state index contributed by atoms with van der Waals surface area (Å²) in [7, 11) is 0. The van der Waals surface area contributed by atoms with Gasteiger partial charge in [0.05, 0.1) is 6.61 Å². The van der Waals surface area contributed by atoms with Crippen LogP contribution in [0.3, 0.4) is 0 Å². The number of hydrogen-bond donors (Lipinski definition) is 1. The average molecular weight is 208 g/mol. The second kappa shape index (κ2) is 5.31. The smallest absolute Gasteiger partial charge is 0.345 e. The van der Waals surface area contributed by atoms with Crippen molar-refractivity contribution in [1.82, 2.24) is 0 Å². The number of allylic oxidation sites excluding steroid dienone is 1. The van der Waals surface area contributed by atoms with Crippen LogP contribution < -0.4 is 0 Å². The average Bonchev–Trinajstić information content (AvgIpc) is 2.03. The Hall–Kier alpha value is -1.46. The molecule has 14 heavy (non-hydrogen) atoms. The van der Waals surface area contributed by atoms with Gasteiger partial charge in [0.1, 0.15) is 5.57 Å². The van der Waals surface area contributed by atoms with E-state index in [1.165, 1.54) is 6.92 Å². The van der Waals surface area contributed by atoms with Gasteiger partial charge in [-0.3, -0.25) is 4.79 Å². The van der Waals surface area contributed by atoms with E-state index < -0.39 is 29.5 Å². The standard InChI is InChI=1S/C8H10F2O4/c1-3-14-8(13)5(4(2)11)6(12)7(9)10/h7,12H,3H2,1-2H3. The molecule has 0 heterocycles. The first kappa shape index (κ1) is 12.5. The molecule has 0 aliphatic rings. The van der Waals surface area contributed by atoms with E-state index in [2.05, 4.69) is 4.74 Å². The molecule has 0 aromatic heterocycles. The van der Waals surface area contributed by atoms with Gasteiger partial charge in [-0.2, -0.15) is 0 Å². The Labute approximate surface area is 79.2 Å². The van der Waals surface area contributed by atoms with E-state index in [4.69, 9.17) is 5.11 Å². The third-order valence-corrected chi connectivity index (χ3v) is 1.29. The van der Waals surface area contributed by atoms with Crippen LogP contribution in [0.2, 0.25) is 0 Å². The summed E-state index contributed by atoms with van der Waals surface area (Å²) >= 11 is 0. The van der Waals surface area contributed by atoms with E-state index in [0.29, 0.717) is 0 Å². The molecular formula is C8H10F2O4. The molecule has 6 heteroatoms. The number of rotatable bonds is 4. The first-order valence-electron chi connectivity index (χ1n) is 3.81. The lowest BCUT2D eigenvalue weighted by Crippen LogP contribution is -2.18. The Kier molecular flexibility index (Phi) is 4.76. The summed E-state index contributed by atoms with van der Waals surface area (Å²) in [6.45, 7) is 2.28. The fourth-order valence-electron chi connectivity index (χ4n) is 0.741. The molecule has 0 unspecified atom stereocenters. The van der Waals surface area contributed by atoms with Crippen LogP contribution in [0, 0.1) is 0 Å². The SMILES string of the molecule is CCOC(=O)C(C(C)=O)=C(O)C(F)F. The van der Waals surface area contributed by atoms with E-state index in [-0.39, 0.29) is 6.61 Å². The van der Waals surface area contributed by atoms with E-state index in [1.54, 1.807) is 0 Å². The molecule has 1 N–H and O–H groups in total. The summed E-state index contributed by atoms with van der Waals surface area (Å²) in [5.74, 6) is -3.74. The zero-order chi connectivity index (χ0) is 11.3. The Bertz CT molecular complexity index is 271. The van der Waals surface area contributed by atoms with Crippen LogP contribution in [-0.2, 0) is 14.3 Å². The fourth-order valence-corrected chi connectivity index (χ4v) is 0.741. The molecule has 0 spiro atoms. The van der Waals surface area contributed by atoms with Gasteiger partial charge in [-0.15, -0.1) is 0 Å². The predicted molar refractivity (Wildman–Crippen MR) is 43.0 cm³/mol. The first-order chi connectivity index (χ1) is 6.41. The number of Topliss-reactive ketones (excluding diaryl/α,β-unsaturated/α-hetero) is 1. The van der Waals surface area contributed by atoms with Crippen LogP contribution in [-0.4, -0.2) is 29.9 Å². The normalized spacial score (nSPS) is 12.4. The summed E-state index contributed by atoms with van der Waals surface area (Å²) in [6.07, 6.45) is -3.27. The summed E-state index contributed by atoms with van der Waals surface area (Å²) in [5, 5.41) is 8.76. The Morgan fingerprint density at radius 3 is 2.21 bits per heavy atom. The minimum absolute atomic E-state index is 0.0634. The third-order valence-electron chi connectivity index (χ3n) is 1.29. The predicted octanol–water partition coefficient (Wildman–Crippen LogP) is 1.22. The molecule has 0 amide bonds. The van der Waals surface area contributed by atoms with Crippen molar-refractivity contribution in [2.75, 3.05) is 6.61 Å². The van der Waals surface area contributed by atoms with Crippen LogP contribution in [0.15, 0.2) is 11.3 Å². The van der Waals surface area contributed by atoms with Crippen molar-refractivity contribution in [3.8, 4) is 0 Å². The number of aliphatic hydroxyl groups excluding tert-OH is 1. The van der Waals surface area contributed by atoms with Gasteiger partial charge in [0.2, 0.25) is 0 Å². The molecule has 0 aromatic rings. The molecule has 0 saturated heterocycles. The molecule has 0 bridgehead atoms. The lowest BCUT2D eigenvalue weighted by Gasteiger charge is -2.06. The second-order valence-corrected chi connectivity index (χ2v) is 2.34. The third kappa shape index (κ3) is 3.12. The highest BCUT2D eigenvalue weighted by Gasteiger charge is 2.26. The van der Waals surface area contributed by atoms with Gasteiger partial charge < -0.3 is 9.84 Å². The van der Waals surface area contributed by atoms with Crippen LogP contribution in [0.5, 0.6) is 0 Å². The number of ether oxygens (including phenoxy) is 1. The molecular weight excluding hydrogens is 198 g/mol. The Balaban J connectivity index is 5.04. The summed E-state index contributed by atoms with van der Waals surface area (Å²) in [5.41, 5.74) is -0.998. The topological polar surface area (TPSA) is 63.6 Å². The molecule has 80 valence electrons. The van der Waals surface area contributed by atoms with E-state index >= 15 is 0 Å². The maximum Gasteiger partial charge on any atom is 0.345 e. The van der Waals surface area contributed by atoms with Crippen molar-refractivity contribution in [3.63, 3.8) is 0 Å². The van der Waals surface area contributed by atoms with Crippen molar-refractivity contribution >= 4 is 11.8 Å². The van der Waals surface area contributed by atoms with Gasteiger partial charge in [0.25, 0.3) is 6.43 Å². The first-order valence-corrected chi connectivity index (χ1v) is 3.81. The minimum Gasteiger partial charge on any atom is -0.506 e. The van der Waals surface area contributed by atoms with Crippen LogP contribution in [0.25, 0.3) is 0 Å². The highest BCUT2D eigenvalue weighted by molar-refractivity contribution is 6.16. The summed E-state index contributed by atoms with van der Waals surface area (Å²) in [4.78, 5) is 21.7. The fraction of sp³-hybridized carbons (Fsp3) is 0.500. The van der Waals surface area contributed by atoms with E-state index in [1.807, 2.05) is 0 Å². The number of alkyl halides is 2. The highest BCUT2D eigenvalue weighted by atomic mass is 19.3. The number of esters is 1. The Morgan fingerprint density at radius 2 is 1.93 bits per heavy atom. The molecule has 0 atom stereocenters. The summed E-state index contributed by atoms with van der Waals surface area (Å²) < 4.78 is 28.3. The summed E-state index contributed by atoms with van der Waals surface area (Å²) in [6, 6.07) is 0. The zero-order valence-electron chi connectivity index (χ0n) is 7.71. The molecule has 0 aliphatic heterocycles. The van der Waals surface area contributed by atoms with E-state index in [0.717, 1.165) is 6.92 Å². The maximum absolute atomic E-state index is 12.0. The quantitative estimate of drug-likeness (QED) is 0.248. The number of carbonyl (C=O) groups is 2. The molecule has 0 fully saturated rings. The number of halogens is 2. The maximum atomic E-state index is 12.0. The van der Waals surface area contributed by atoms with Crippen LogP contribution in [0.1, 0.15) is 13.8 Å². The zero-order valence-corrected chi connectivity index (χ0v) is 7.71. The van der Waals surface area contributed by atoms with Crippen molar-refractivity contribution in [1.29, 1.82) is 0 Å². The number of hydrogen-bond acceptors (Lipinski definition) is 4. The highest BCUT2D eigenvalue weighted by Crippen LogP contribution is 2.13. The second-order valence-electron chi connectivity index (χ2n) is 2.34. The molecule has 0 saturated carbocycles. The molecule has 0 radical (unpaired) electrons. The van der Waals surface area contributed by atoms with Crippen molar-refractivity contribution < 1.29 is 28.2 Å². The van der Waals surface area contributed by atoms with Gasteiger partial charge in [0, 0.05) is 0 Å². The van der Waals surface area contributed by atoms with Crippen molar-refractivity contribution in [2.45, 2.75) is 20.3 Å². The molecule has 4 nitrogen and oxygen atoms in total. The van der Waals surface area contributed by atoms with Crippen LogP contribution >= 0.6 is 0 Å². The van der Waals surface area contributed by atoms with Gasteiger partial charge in [-0.05, 0) is 13.8 Å². The monoisotopic (exact) mass is 208 g/mol. The number of carbonyl (C=O) groups excluding carboxylic acids is 2. The van der Waals surface area contributed by atoms with Crippen LogP contribution in [0.4, 0.5) is 8.78 Å². The van der Waals surface area contributed by atoms with Gasteiger partial charge in [-0.25, -0.2) is 13.6 Å². The lowest BCUT2D eigenvalue weighted by molar-refractivity contribution is -0.140. The lowest BCUT2D eigenvalue weighted by atomic mass is 10.1. The number of aliphatic hydroxyl groups is 1. The largest absolute Gasteiger partial charge is 0.506 e. The van der Waals surface area contributed by atoms with Gasteiger partial charge in [0.15, 0.2) is 11.5 Å². The van der Waals surface area contributed by atoms with E-state index in [9.17, 15) is 18.4 Å². The van der Waals surface area contributed by atoms with Crippen molar-refractivity contribution in [3.05, 3.63) is 11.3 Å². The van der Waals surface area contributed by atoms with Gasteiger partial charge >= 0.3 is 5.97 Å². The molecule has 0 rings (SSSR count). The molecule has 0 aliphatic carbocycles. The van der Waals surface area contributed by atoms with Gasteiger partial charge in [-0.1, -0.05) is 0 Å². The molecule has 0 aromatic carbocycles. The number of ketones is 1.